The highest BCUT2D eigenvalue weighted by Gasteiger charge is 2.25. The summed E-state index contributed by atoms with van der Waals surface area (Å²) in [7, 11) is 0. The molecule has 0 aliphatic heterocycles. The molecule has 12 heavy (non-hydrogen) atoms. The van der Waals surface area contributed by atoms with Crippen LogP contribution in [0.4, 0.5) is 13.2 Å². The molecular weight excluding hydrogens is 171 g/mol. The van der Waals surface area contributed by atoms with Crippen molar-refractivity contribution in [2.45, 2.75) is 32.0 Å². The lowest BCUT2D eigenvalue weighted by Gasteiger charge is -2.08. The van der Waals surface area contributed by atoms with Crippen LogP contribution in [0, 0.1) is 0 Å². The Kier molecular flexibility index (Phi) is 5.24. The summed E-state index contributed by atoms with van der Waals surface area (Å²) in [6, 6.07) is 0. The predicted molar refractivity (Wildman–Crippen MR) is 39.8 cm³/mol. The molecule has 0 heterocycles. The zero-order valence-corrected chi connectivity index (χ0v) is 6.99. The van der Waals surface area contributed by atoms with Gasteiger partial charge in [0.25, 0.3) is 0 Å². The molecule has 0 fully saturated rings. The van der Waals surface area contributed by atoms with Crippen molar-refractivity contribution in [2.75, 3.05) is 13.1 Å². The molecule has 0 radical (unpaired) electrons. The van der Waals surface area contributed by atoms with Gasteiger partial charge in [0, 0.05) is 13.0 Å². The molecular formula is C7H14F3NO. The first-order valence-electron chi connectivity index (χ1n) is 3.87. The molecule has 74 valence electrons. The number of hydrogen-bond donors (Lipinski definition) is 2. The molecule has 0 aromatic heterocycles. The Bertz CT molecular complexity index is 114. The predicted octanol–water partition coefficient (Wildman–Crippen LogP) is 1.30. The fraction of sp³-hybridized carbons (Fsp3) is 1.00. The lowest BCUT2D eigenvalue weighted by atomic mass is 10.3. The third kappa shape index (κ3) is 9.71. The van der Waals surface area contributed by atoms with Crippen LogP contribution >= 0.6 is 0 Å². The largest absolute Gasteiger partial charge is 0.392 e. The number of aliphatic hydroxyl groups is 1. The second kappa shape index (κ2) is 5.37. The van der Waals surface area contributed by atoms with E-state index in [2.05, 4.69) is 5.32 Å². The average molecular weight is 185 g/mol. The number of rotatable bonds is 5. The van der Waals surface area contributed by atoms with E-state index in [1.54, 1.807) is 6.92 Å². The maximum atomic E-state index is 11.6. The number of alkyl halides is 3. The van der Waals surface area contributed by atoms with Gasteiger partial charge in [-0.3, -0.25) is 0 Å². The van der Waals surface area contributed by atoms with E-state index in [1.165, 1.54) is 0 Å². The monoisotopic (exact) mass is 185 g/mol. The highest BCUT2D eigenvalue weighted by atomic mass is 19.4. The fourth-order valence-corrected chi connectivity index (χ4v) is 0.725. The Morgan fingerprint density at radius 3 is 2.42 bits per heavy atom. The molecule has 0 unspecified atom stereocenters. The van der Waals surface area contributed by atoms with Crippen molar-refractivity contribution in [2.24, 2.45) is 0 Å². The van der Waals surface area contributed by atoms with Crippen LogP contribution in [-0.2, 0) is 0 Å². The lowest BCUT2D eigenvalue weighted by molar-refractivity contribution is -0.135. The van der Waals surface area contributed by atoms with Crippen molar-refractivity contribution in [1.29, 1.82) is 0 Å². The third-order valence-electron chi connectivity index (χ3n) is 1.25. The van der Waals surface area contributed by atoms with Gasteiger partial charge in [-0.05, 0) is 19.9 Å². The molecule has 2 nitrogen and oxygen atoms in total. The van der Waals surface area contributed by atoms with Crippen molar-refractivity contribution in [3.8, 4) is 0 Å². The van der Waals surface area contributed by atoms with Crippen molar-refractivity contribution < 1.29 is 18.3 Å². The Hall–Kier alpha value is -0.290. The molecule has 0 saturated carbocycles. The Balaban J connectivity index is 3.12. The van der Waals surface area contributed by atoms with Crippen molar-refractivity contribution in [3.05, 3.63) is 0 Å². The van der Waals surface area contributed by atoms with Crippen LogP contribution in [0.25, 0.3) is 0 Å². The fourth-order valence-electron chi connectivity index (χ4n) is 0.725. The smallest absolute Gasteiger partial charge is 0.389 e. The van der Waals surface area contributed by atoms with Crippen molar-refractivity contribution in [1.82, 2.24) is 5.32 Å². The van der Waals surface area contributed by atoms with Gasteiger partial charge in [-0.25, -0.2) is 0 Å². The number of nitrogens with one attached hydrogen (secondary N) is 1. The second-order valence-corrected chi connectivity index (χ2v) is 2.77. The summed E-state index contributed by atoms with van der Waals surface area (Å²) in [6.45, 7) is 2.22. The van der Waals surface area contributed by atoms with E-state index < -0.39 is 18.7 Å². The average Bonchev–Trinajstić information content (AvgIpc) is 1.83. The van der Waals surface area contributed by atoms with Gasteiger partial charge in [0.1, 0.15) is 0 Å². The summed E-state index contributed by atoms with van der Waals surface area (Å²) in [5.41, 5.74) is 0. The van der Waals surface area contributed by atoms with Gasteiger partial charge < -0.3 is 10.4 Å². The number of halogens is 3. The minimum absolute atomic E-state index is 0.0657. The zero-order chi connectivity index (χ0) is 9.61. The summed E-state index contributed by atoms with van der Waals surface area (Å²) in [4.78, 5) is 0. The Labute approximate surface area is 69.8 Å². The van der Waals surface area contributed by atoms with E-state index >= 15 is 0 Å². The molecule has 0 saturated heterocycles. The standard InChI is InChI=1S/C7H14F3NO/c1-6(12)5-11-4-2-3-7(8,9)10/h6,11-12H,2-5H2,1H3/t6-/m0/s1. The molecule has 0 amide bonds. The summed E-state index contributed by atoms with van der Waals surface area (Å²) in [6.07, 6.45) is -5.27. The molecule has 0 spiro atoms. The molecule has 0 aliphatic rings. The van der Waals surface area contributed by atoms with Crippen LogP contribution in [0.2, 0.25) is 0 Å². The minimum Gasteiger partial charge on any atom is -0.392 e. The van der Waals surface area contributed by atoms with Gasteiger partial charge in [-0.1, -0.05) is 0 Å². The summed E-state index contributed by atoms with van der Waals surface area (Å²) >= 11 is 0. The SMILES string of the molecule is C[C@H](O)CNCCCC(F)(F)F. The number of aliphatic hydroxyl groups excluding tert-OH is 1. The third-order valence-corrected chi connectivity index (χ3v) is 1.25. The second-order valence-electron chi connectivity index (χ2n) is 2.77. The van der Waals surface area contributed by atoms with Gasteiger partial charge in [0.15, 0.2) is 0 Å². The first-order chi connectivity index (χ1) is 5.42. The molecule has 0 bridgehead atoms. The molecule has 0 aromatic rings. The van der Waals surface area contributed by atoms with Gasteiger partial charge in [-0.15, -0.1) is 0 Å². The summed E-state index contributed by atoms with van der Waals surface area (Å²) in [5, 5.41) is 11.4. The molecule has 1 atom stereocenters. The molecule has 0 aromatic carbocycles. The maximum absolute atomic E-state index is 11.6. The minimum atomic E-state index is -4.06. The Morgan fingerprint density at radius 1 is 1.42 bits per heavy atom. The van der Waals surface area contributed by atoms with Crippen LogP contribution in [0.3, 0.4) is 0 Å². The topological polar surface area (TPSA) is 32.3 Å². The number of hydrogen-bond acceptors (Lipinski definition) is 2. The van der Waals surface area contributed by atoms with Gasteiger partial charge in [0.2, 0.25) is 0 Å². The first-order valence-corrected chi connectivity index (χ1v) is 3.87. The van der Waals surface area contributed by atoms with Crippen LogP contribution in [0.5, 0.6) is 0 Å². The van der Waals surface area contributed by atoms with Gasteiger partial charge in [0.05, 0.1) is 6.10 Å². The van der Waals surface area contributed by atoms with Gasteiger partial charge >= 0.3 is 6.18 Å². The molecule has 5 heteroatoms. The normalized spacial score (nSPS) is 14.8. The molecule has 0 rings (SSSR count). The Morgan fingerprint density at radius 2 is 2.00 bits per heavy atom. The van der Waals surface area contributed by atoms with E-state index in [0.29, 0.717) is 13.1 Å². The van der Waals surface area contributed by atoms with Crippen molar-refractivity contribution >= 4 is 0 Å². The van der Waals surface area contributed by atoms with Crippen LogP contribution in [0.15, 0.2) is 0 Å². The highest BCUT2D eigenvalue weighted by Crippen LogP contribution is 2.20. The van der Waals surface area contributed by atoms with E-state index in [1.807, 2.05) is 0 Å². The highest BCUT2D eigenvalue weighted by molar-refractivity contribution is 4.56. The van der Waals surface area contributed by atoms with Crippen LogP contribution in [0.1, 0.15) is 19.8 Å². The summed E-state index contributed by atoms with van der Waals surface area (Å²) in [5.74, 6) is 0. The lowest BCUT2D eigenvalue weighted by Crippen LogP contribution is -2.26. The molecule has 2 N–H and O–H groups in total. The van der Waals surface area contributed by atoms with E-state index in [9.17, 15) is 13.2 Å². The van der Waals surface area contributed by atoms with Crippen LogP contribution < -0.4 is 5.32 Å². The quantitative estimate of drug-likeness (QED) is 0.633. The molecule has 0 aliphatic carbocycles. The summed E-state index contributed by atoms with van der Waals surface area (Å²) < 4.78 is 34.7. The zero-order valence-electron chi connectivity index (χ0n) is 6.99. The first kappa shape index (κ1) is 11.7. The van der Waals surface area contributed by atoms with E-state index in [-0.39, 0.29) is 6.42 Å². The maximum Gasteiger partial charge on any atom is 0.389 e. The van der Waals surface area contributed by atoms with Gasteiger partial charge in [-0.2, -0.15) is 13.2 Å². The van der Waals surface area contributed by atoms with Crippen molar-refractivity contribution in [3.63, 3.8) is 0 Å². The van der Waals surface area contributed by atoms with E-state index in [0.717, 1.165) is 0 Å². The van der Waals surface area contributed by atoms with E-state index in [4.69, 9.17) is 5.11 Å². The van der Waals surface area contributed by atoms with Crippen LogP contribution in [-0.4, -0.2) is 30.5 Å².